The van der Waals surface area contributed by atoms with Crippen molar-refractivity contribution >= 4 is 11.8 Å². The van der Waals surface area contributed by atoms with Gasteiger partial charge in [0.15, 0.2) is 0 Å². The van der Waals surface area contributed by atoms with E-state index in [0.717, 1.165) is 12.1 Å². The summed E-state index contributed by atoms with van der Waals surface area (Å²) in [4.78, 5) is 5.46. The monoisotopic (exact) mass is 269 g/mol. The van der Waals surface area contributed by atoms with Gasteiger partial charge in [-0.2, -0.15) is 11.8 Å². The Balaban J connectivity index is 1.54. The second-order valence-electron chi connectivity index (χ2n) is 6.71. The first-order valence-corrected chi connectivity index (χ1v) is 8.59. The molecule has 3 aliphatic rings. The normalized spacial score (nSPS) is 35.3. The van der Waals surface area contributed by atoms with Gasteiger partial charge in [0.2, 0.25) is 0 Å². The van der Waals surface area contributed by atoms with E-state index in [1.165, 1.54) is 57.2 Å². The molecule has 0 aliphatic carbocycles. The zero-order valence-electron chi connectivity index (χ0n) is 11.8. The molecule has 18 heavy (non-hydrogen) atoms. The number of hydrogen-bond donors (Lipinski definition) is 1. The molecule has 0 saturated carbocycles. The summed E-state index contributed by atoms with van der Waals surface area (Å²) in [5.41, 5.74) is 0.519. The molecule has 4 heteroatoms. The maximum Gasteiger partial charge on any atom is 0.0346 e. The quantitative estimate of drug-likeness (QED) is 0.809. The fourth-order valence-corrected chi connectivity index (χ4v) is 5.19. The molecule has 0 radical (unpaired) electrons. The van der Waals surface area contributed by atoms with Crippen molar-refractivity contribution in [3.63, 3.8) is 0 Å². The molecule has 1 unspecified atom stereocenters. The number of piperazine rings is 1. The van der Waals surface area contributed by atoms with Crippen molar-refractivity contribution in [2.75, 3.05) is 50.8 Å². The first-order valence-electron chi connectivity index (χ1n) is 7.43. The van der Waals surface area contributed by atoms with Crippen LogP contribution in [0.15, 0.2) is 0 Å². The Bertz CT molecular complexity index is 283. The summed E-state index contributed by atoms with van der Waals surface area (Å²) in [5.74, 6) is 2.70. The predicted molar refractivity (Wildman–Crippen MR) is 79.3 cm³/mol. The highest BCUT2D eigenvalue weighted by atomic mass is 32.2. The standard InChI is InChI=1S/C14H27N3S/c1-14(2)3-8-18-11-13(14)17-6-4-16(5-7-17)12-9-15-10-12/h12-13,15H,3-11H2,1-2H3. The van der Waals surface area contributed by atoms with Gasteiger partial charge >= 0.3 is 0 Å². The van der Waals surface area contributed by atoms with Crippen LogP contribution in [0, 0.1) is 5.41 Å². The van der Waals surface area contributed by atoms with E-state index in [9.17, 15) is 0 Å². The lowest BCUT2D eigenvalue weighted by Gasteiger charge is -2.50. The number of nitrogens with one attached hydrogen (secondary N) is 1. The molecule has 3 heterocycles. The average molecular weight is 269 g/mol. The predicted octanol–water partition coefficient (Wildman–Crippen LogP) is 1.11. The fourth-order valence-electron chi connectivity index (χ4n) is 3.47. The third kappa shape index (κ3) is 2.58. The molecule has 0 amide bonds. The SMILES string of the molecule is CC1(C)CCSCC1N1CCN(C2CNC2)CC1. The van der Waals surface area contributed by atoms with Crippen molar-refractivity contribution in [2.24, 2.45) is 5.41 Å². The van der Waals surface area contributed by atoms with E-state index in [-0.39, 0.29) is 0 Å². The van der Waals surface area contributed by atoms with Crippen LogP contribution in [0.2, 0.25) is 0 Å². The molecule has 0 aromatic rings. The van der Waals surface area contributed by atoms with Gasteiger partial charge in [-0.3, -0.25) is 9.80 Å². The number of hydrogen-bond acceptors (Lipinski definition) is 4. The number of thioether (sulfide) groups is 1. The van der Waals surface area contributed by atoms with Gasteiger partial charge in [-0.05, 0) is 17.6 Å². The van der Waals surface area contributed by atoms with E-state index in [0.29, 0.717) is 5.41 Å². The lowest BCUT2D eigenvalue weighted by molar-refractivity contribution is 0.0211. The van der Waals surface area contributed by atoms with Crippen LogP contribution < -0.4 is 5.32 Å². The lowest BCUT2D eigenvalue weighted by Crippen LogP contribution is -2.63. The summed E-state index contributed by atoms with van der Waals surface area (Å²) in [6.45, 7) is 12.5. The Hall–Kier alpha value is 0.230. The van der Waals surface area contributed by atoms with Crippen LogP contribution >= 0.6 is 11.8 Å². The Morgan fingerprint density at radius 3 is 2.28 bits per heavy atom. The molecule has 1 N–H and O–H groups in total. The van der Waals surface area contributed by atoms with E-state index in [1.807, 2.05) is 0 Å². The Labute approximate surface area is 116 Å². The molecule has 0 aromatic carbocycles. The van der Waals surface area contributed by atoms with Gasteiger partial charge in [0.25, 0.3) is 0 Å². The molecular formula is C14H27N3S. The van der Waals surface area contributed by atoms with Crippen LogP contribution in [0.5, 0.6) is 0 Å². The van der Waals surface area contributed by atoms with Crippen LogP contribution in [0.1, 0.15) is 20.3 Å². The summed E-state index contributed by atoms with van der Waals surface area (Å²) in [7, 11) is 0. The Morgan fingerprint density at radius 1 is 1.06 bits per heavy atom. The summed E-state index contributed by atoms with van der Waals surface area (Å²) < 4.78 is 0. The van der Waals surface area contributed by atoms with Gasteiger partial charge in [0.05, 0.1) is 0 Å². The Kier molecular flexibility index (Phi) is 3.90. The smallest absolute Gasteiger partial charge is 0.0346 e. The van der Waals surface area contributed by atoms with Gasteiger partial charge in [0.1, 0.15) is 0 Å². The highest BCUT2D eigenvalue weighted by molar-refractivity contribution is 7.99. The summed E-state index contributed by atoms with van der Waals surface area (Å²) >= 11 is 2.16. The molecule has 3 nitrogen and oxygen atoms in total. The van der Waals surface area contributed by atoms with Gasteiger partial charge in [-0.1, -0.05) is 13.8 Å². The maximum atomic E-state index is 3.39. The van der Waals surface area contributed by atoms with Crippen molar-refractivity contribution in [1.29, 1.82) is 0 Å². The van der Waals surface area contributed by atoms with Crippen LogP contribution in [0.3, 0.4) is 0 Å². The zero-order valence-corrected chi connectivity index (χ0v) is 12.6. The molecule has 3 aliphatic heterocycles. The molecule has 1 atom stereocenters. The van der Waals surface area contributed by atoms with Gasteiger partial charge in [0, 0.05) is 57.1 Å². The number of rotatable bonds is 2. The van der Waals surface area contributed by atoms with Crippen LogP contribution in [-0.4, -0.2) is 72.7 Å². The topological polar surface area (TPSA) is 18.5 Å². The van der Waals surface area contributed by atoms with Crippen molar-refractivity contribution < 1.29 is 0 Å². The van der Waals surface area contributed by atoms with E-state index < -0.39 is 0 Å². The highest BCUT2D eigenvalue weighted by Crippen LogP contribution is 2.37. The maximum absolute atomic E-state index is 3.39. The minimum Gasteiger partial charge on any atom is -0.314 e. The van der Waals surface area contributed by atoms with Crippen LogP contribution in [-0.2, 0) is 0 Å². The van der Waals surface area contributed by atoms with Gasteiger partial charge < -0.3 is 5.32 Å². The summed E-state index contributed by atoms with van der Waals surface area (Å²) in [6, 6.07) is 1.64. The molecule has 0 spiro atoms. The summed E-state index contributed by atoms with van der Waals surface area (Å²) in [6.07, 6.45) is 1.38. The minimum absolute atomic E-state index is 0.519. The van der Waals surface area contributed by atoms with Crippen LogP contribution in [0.25, 0.3) is 0 Å². The first kappa shape index (κ1) is 13.2. The molecule has 3 saturated heterocycles. The van der Waals surface area contributed by atoms with Crippen molar-refractivity contribution in [1.82, 2.24) is 15.1 Å². The van der Waals surface area contributed by atoms with Crippen molar-refractivity contribution in [3.05, 3.63) is 0 Å². The van der Waals surface area contributed by atoms with Crippen molar-refractivity contribution in [2.45, 2.75) is 32.4 Å². The molecule has 0 bridgehead atoms. The highest BCUT2D eigenvalue weighted by Gasteiger charge is 2.38. The van der Waals surface area contributed by atoms with Gasteiger partial charge in [-0.15, -0.1) is 0 Å². The number of nitrogens with zero attached hydrogens (tertiary/aromatic N) is 2. The molecule has 3 rings (SSSR count). The van der Waals surface area contributed by atoms with Crippen LogP contribution in [0.4, 0.5) is 0 Å². The van der Waals surface area contributed by atoms with E-state index in [2.05, 4.69) is 40.7 Å². The second kappa shape index (κ2) is 5.31. The minimum atomic E-state index is 0.519. The van der Waals surface area contributed by atoms with E-state index in [4.69, 9.17) is 0 Å². The van der Waals surface area contributed by atoms with Crippen molar-refractivity contribution in [3.8, 4) is 0 Å². The largest absolute Gasteiger partial charge is 0.314 e. The Morgan fingerprint density at radius 2 is 1.72 bits per heavy atom. The van der Waals surface area contributed by atoms with Gasteiger partial charge in [-0.25, -0.2) is 0 Å². The molecule has 104 valence electrons. The third-order valence-corrected chi connectivity index (χ3v) is 6.18. The molecular weight excluding hydrogens is 242 g/mol. The van der Waals surface area contributed by atoms with E-state index >= 15 is 0 Å². The molecule has 3 fully saturated rings. The second-order valence-corrected chi connectivity index (χ2v) is 7.86. The zero-order chi connectivity index (χ0) is 12.6. The lowest BCUT2D eigenvalue weighted by atomic mass is 9.81. The fraction of sp³-hybridized carbons (Fsp3) is 1.00. The van der Waals surface area contributed by atoms with E-state index in [1.54, 1.807) is 0 Å². The average Bonchev–Trinajstić information content (AvgIpc) is 2.28. The third-order valence-electron chi connectivity index (χ3n) is 5.13. The first-order chi connectivity index (χ1) is 8.67. The molecule has 0 aromatic heterocycles. The summed E-state index contributed by atoms with van der Waals surface area (Å²) in [5, 5.41) is 3.39.